The Hall–Kier alpha value is -1.79. The molecular formula is C15H15N3OS2. The molecule has 21 heavy (non-hydrogen) atoms. The van der Waals surface area contributed by atoms with Crippen LogP contribution in [-0.2, 0) is 0 Å². The molecule has 0 spiro atoms. The van der Waals surface area contributed by atoms with Gasteiger partial charge in [0.2, 0.25) is 5.82 Å². The third-order valence-electron chi connectivity index (χ3n) is 2.96. The zero-order chi connectivity index (χ0) is 14.8. The summed E-state index contributed by atoms with van der Waals surface area (Å²) < 4.78 is 5.34. The standard InChI is InChI=1S/C15H15N3OS2/c1-3-20-11-6-4-10(5-7-11)14-17-15(19-18-14)12-8-9(2)21-13(12)16/h4-8H,3,16H2,1-2H3. The number of hydrogen-bond acceptors (Lipinski definition) is 6. The first-order valence-electron chi connectivity index (χ1n) is 6.60. The molecule has 2 N–H and O–H groups in total. The molecule has 4 nitrogen and oxygen atoms in total. The van der Waals surface area contributed by atoms with Crippen molar-refractivity contribution in [3.63, 3.8) is 0 Å². The molecule has 0 radical (unpaired) electrons. The zero-order valence-electron chi connectivity index (χ0n) is 11.8. The monoisotopic (exact) mass is 317 g/mol. The molecule has 0 bridgehead atoms. The van der Waals surface area contributed by atoms with E-state index in [4.69, 9.17) is 10.3 Å². The minimum absolute atomic E-state index is 0.471. The third-order valence-corrected chi connectivity index (χ3v) is 4.74. The van der Waals surface area contributed by atoms with Crippen LogP contribution in [0.2, 0.25) is 0 Å². The maximum absolute atomic E-state index is 5.96. The minimum Gasteiger partial charge on any atom is -0.390 e. The largest absolute Gasteiger partial charge is 0.390 e. The highest BCUT2D eigenvalue weighted by molar-refractivity contribution is 7.99. The topological polar surface area (TPSA) is 64.9 Å². The lowest BCUT2D eigenvalue weighted by Gasteiger charge is -1.98. The lowest BCUT2D eigenvalue weighted by atomic mass is 10.2. The first kappa shape index (κ1) is 14.2. The summed E-state index contributed by atoms with van der Waals surface area (Å²) in [5, 5.41) is 4.75. The van der Waals surface area contributed by atoms with Crippen molar-refractivity contribution in [1.82, 2.24) is 10.1 Å². The number of nitrogens with zero attached hydrogens (tertiary/aromatic N) is 2. The molecule has 0 fully saturated rings. The van der Waals surface area contributed by atoms with Crippen molar-refractivity contribution < 1.29 is 4.52 Å². The van der Waals surface area contributed by atoms with Gasteiger partial charge in [0, 0.05) is 15.3 Å². The highest BCUT2D eigenvalue weighted by Gasteiger charge is 2.15. The molecule has 0 aliphatic carbocycles. The van der Waals surface area contributed by atoms with Crippen LogP contribution >= 0.6 is 23.1 Å². The second-order valence-electron chi connectivity index (χ2n) is 4.52. The van der Waals surface area contributed by atoms with Gasteiger partial charge in [-0.05, 0) is 43.0 Å². The number of nitrogen functional groups attached to an aromatic ring is 1. The molecule has 108 valence electrons. The van der Waals surface area contributed by atoms with Gasteiger partial charge < -0.3 is 10.3 Å². The number of aromatic nitrogens is 2. The smallest absolute Gasteiger partial charge is 0.261 e. The van der Waals surface area contributed by atoms with Crippen molar-refractivity contribution in [2.75, 3.05) is 11.5 Å². The molecule has 0 atom stereocenters. The Kier molecular flexibility index (Phi) is 3.98. The Bertz CT molecular complexity index is 747. The SMILES string of the molecule is CCSc1ccc(-c2noc(-c3cc(C)sc3N)n2)cc1. The van der Waals surface area contributed by atoms with Crippen LogP contribution in [-0.4, -0.2) is 15.9 Å². The molecule has 0 unspecified atom stereocenters. The summed E-state index contributed by atoms with van der Waals surface area (Å²) in [6, 6.07) is 10.1. The van der Waals surface area contributed by atoms with Crippen LogP contribution in [0, 0.1) is 6.92 Å². The van der Waals surface area contributed by atoms with E-state index in [1.807, 2.05) is 25.1 Å². The van der Waals surface area contributed by atoms with E-state index in [9.17, 15) is 0 Å². The van der Waals surface area contributed by atoms with E-state index in [1.54, 1.807) is 11.8 Å². The zero-order valence-corrected chi connectivity index (χ0v) is 13.4. The van der Waals surface area contributed by atoms with Crippen molar-refractivity contribution in [3.8, 4) is 22.8 Å². The number of anilines is 1. The second-order valence-corrected chi connectivity index (χ2v) is 7.14. The van der Waals surface area contributed by atoms with Crippen LogP contribution in [0.1, 0.15) is 11.8 Å². The fourth-order valence-electron chi connectivity index (χ4n) is 2.02. The van der Waals surface area contributed by atoms with E-state index in [-0.39, 0.29) is 0 Å². The van der Waals surface area contributed by atoms with Crippen LogP contribution in [0.25, 0.3) is 22.8 Å². The molecule has 0 amide bonds. The fraction of sp³-hybridized carbons (Fsp3) is 0.200. The third kappa shape index (κ3) is 2.96. The van der Waals surface area contributed by atoms with Crippen molar-refractivity contribution in [3.05, 3.63) is 35.2 Å². The van der Waals surface area contributed by atoms with E-state index >= 15 is 0 Å². The van der Waals surface area contributed by atoms with Crippen LogP contribution in [0.5, 0.6) is 0 Å². The van der Waals surface area contributed by atoms with Gasteiger partial charge in [-0.1, -0.05) is 12.1 Å². The lowest BCUT2D eigenvalue weighted by Crippen LogP contribution is -1.84. The predicted octanol–water partition coefficient (Wildman–Crippen LogP) is 4.47. The van der Waals surface area contributed by atoms with Gasteiger partial charge in [0.15, 0.2) is 0 Å². The number of benzene rings is 1. The van der Waals surface area contributed by atoms with Gasteiger partial charge in [-0.2, -0.15) is 4.98 Å². The van der Waals surface area contributed by atoms with Crippen molar-refractivity contribution in [2.24, 2.45) is 0 Å². The molecule has 0 saturated heterocycles. The molecule has 0 aliphatic heterocycles. The maximum atomic E-state index is 5.96. The van der Waals surface area contributed by atoms with E-state index in [2.05, 4.69) is 29.2 Å². The summed E-state index contributed by atoms with van der Waals surface area (Å²) >= 11 is 3.33. The molecule has 3 rings (SSSR count). The number of rotatable bonds is 4. The number of thiophene rings is 1. The number of thioether (sulfide) groups is 1. The molecule has 1 aromatic carbocycles. The Morgan fingerprint density at radius 3 is 2.67 bits per heavy atom. The van der Waals surface area contributed by atoms with Crippen LogP contribution < -0.4 is 5.73 Å². The Labute approximate surface area is 131 Å². The number of nitrogens with two attached hydrogens (primary N) is 1. The molecule has 0 aliphatic rings. The van der Waals surface area contributed by atoms with Crippen molar-refractivity contribution in [1.29, 1.82) is 0 Å². The molecular weight excluding hydrogens is 302 g/mol. The van der Waals surface area contributed by atoms with E-state index < -0.39 is 0 Å². The van der Waals surface area contributed by atoms with Gasteiger partial charge in [0.1, 0.15) is 0 Å². The Balaban J connectivity index is 1.89. The minimum atomic E-state index is 0.471. The molecule has 2 aromatic heterocycles. The van der Waals surface area contributed by atoms with E-state index in [1.165, 1.54) is 16.2 Å². The average Bonchev–Trinajstić information content (AvgIpc) is 3.06. The first-order valence-corrected chi connectivity index (χ1v) is 8.41. The van der Waals surface area contributed by atoms with Gasteiger partial charge in [-0.25, -0.2) is 0 Å². The summed E-state index contributed by atoms with van der Waals surface area (Å²) in [5.41, 5.74) is 7.72. The van der Waals surface area contributed by atoms with Gasteiger partial charge in [0.25, 0.3) is 5.89 Å². The summed E-state index contributed by atoms with van der Waals surface area (Å²) in [6.45, 7) is 4.14. The van der Waals surface area contributed by atoms with Gasteiger partial charge >= 0.3 is 0 Å². The number of aryl methyl sites for hydroxylation is 1. The van der Waals surface area contributed by atoms with Gasteiger partial charge in [-0.3, -0.25) is 0 Å². The summed E-state index contributed by atoms with van der Waals surface area (Å²) in [5.74, 6) is 2.11. The first-order chi connectivity index (χ1) is 10.2. The second kappa shape index (κ2) is 5.91. The number of hydrogen-bond donors (Lipinski definition) is 1. The Morgan fingerprint density at radius 1 is 1.29 bits per heavy atom. The molecule has 6 heteroatoms. The summed E-state index contributed by atoms with van der Waals surface area (Å²) in [4.78, 5) is 6.81. The molecule has 2 heterocycles. The Morgan fingerprint density at radius 2 is 2.05 bits per heavy atom. The van der Waals surface area contributed by atoms with Gasteiger partial charge in [0.05, 0.1) is 10.6 Å². The van der Waals surface area contributed by atoms with Crippen molar-refractivity contribution >= 4 is 28.1 Å². The van der Waals surface area contributed by atoms with Gasteiger partial charge in [-0.15, -0.1) is 23.1 Å². The maximum Gasteiger partial charge on any atom is 0.261 e. The molecule has 0 saturated carbocycles. The van der Waals surface area contributed by atoms with Crippen LogP contribution in [0.4, 0.5) is 5.00 Å². The normalized spacial score (nSPS) is 11.0. The lowest BCUT2D eigenvalue weighted by molar-refractivity contribution is 0.432. The van der Waals surface area contributed by atoms with E-state index in [0.717, 1.165) is 21.8 Å². The van der Waals surface area contributed by atoms with Crippen molar-refractivity contribution in [2.45, 2.75) is 18.7 Å². The van der Waals surface area contributed by atoms with Crippen LogP contribution in [0.15, 0.2) is 39.8 Å². The highest BCUT2D eigenvalue weighted by atomic mass is 32.2. The summed E-state index contributed by atoms with van der Waals surface area (Å²) in [7, 11) is 0. The van der Waals surface area contributed by atoms with E-state index in [0.29, 0.717) is 16.7 Å². The predicted molar refractivity (Wildman–Crippen MR) is 88.6 cm³/mol. The molecule has 3 aromatic rings. The average molecular weight is 317 g/mol. The summed E-state index contributed by atoms with van der Waals surface area (Å²) in [6.07, 6.45) is 0. The fourth-order valence-corrected chi connectivity index (χ4v) is 3.46. The van der Waals surface area contributed by atoms with Crippen LogP contribution in [0.3, 0.4) is 0 Å². The highest BCUT2D eigenvalue weighted by Crippen LogP contribution is 2.33. The quantitative estimate of drug-likeness (QED) is 0.719.